The molecule has 0 aliphatic heterocycles. The highest BCUT2D eigenvalue weighted by molar-refractivity contribution is 5.45. The summed E-state index contributed by atoms with van der Waals surface area (Å²) in [5, 5.41) is 0. The molecule has 3 rings (SSSR count). The Morgan fingerprint density at radius 3 is 2.33 bits per heavy atom. The molecule has 18 heavy (non-hydrogen) atoms. The van der Waals surface area contributed by atoms with E-state index >= 15 is 0 Å². The van der Waals surface area contributed by atoms with Crippen LogP contribution in [-0.4, -0.2) is 0 Å². The van der Waals surface area contributed by atoms with Crippen molar-refractivity contribution < 1.29 is 0 Å². The molecular weight excluding hydrogens is 216 g/mol. The molecule has 0 radical (unpaired) electrons. The van der Waals surface area contributed by atoms with Crippen LogP contribution < -0.4 is 0 Å². The minimum absolute atomic E-state index is 0.373. The Balaban J connectivity index is 2.26. The molecular formula is C18H28. The molecule has 0 N–H and O–H groups in total. The molecule has 0 saturated heterocycles. The van der Waals surface area contributed by atoms with Crippen molar-refractivity contribution in [1.29, 1.82) is 0 Å². The van der Waals surface area contributed by atoms with Crippen molar-refractivity contribution in [2.75, 3.05) is 0 Å². The topological polar surface area (TPSA) is 0 Å². The van der Waals surface area contributed by atoms with Gasteiger partial charge in [-0.25, -0.2) is 0 Å². The van der Waals surface area contributed by atoms with E-state index in [1.54, 1.807) is 11.1 Å². The molecule has 0 heterocycles. The van der Waals surface area contributed by atoms with Crippen molar-refractivity contribution >= 4 is 0 Å². The maximum Gasteiger partial charge on any atom is -0.00222 e. The van der Waals surface area contributed by atoms with E-state index in [0.29, 0.717) is 10.8 Å². The molecule has 0 amide bonds. The zero-order chi connectivity index (χ0) is 13.3. The molecule has 0 aromatic rings. The number of hydrogen-bond donors (Lipinski definition) is 0. The van der Waals surface area contributed by atoms with Gasteiger partial charge in [0.1, 0.15) is 0 Å². The fraction of sp³-hybridized carbons (Fsp3) is 0.778. The van der Waals surface area contributed by atoms with E-state index in [-0.39, 0.29) is 0 Å². The fourth-order valence-electron chi connectivity index (χ4n) is 5.77. The lowest BCUT2D eigenvalue weighted by Gasteiger charge is -2.52. The van der Waals surface area contributed by atoms with Gasteiger partial charge in [-0.2, -0.15) is 0 Å². The molecule has 3 aliphatic carbocycles. The number of allylic oxidation sites excluding steroid dienone is 4. The van der Waals surface area contributed by atoms with Crippen LogP contribution in [0.3, 0.4) is 0 Å². The lowest BCUT2D eigenvalue weighted by Crippen LogP contribution is -2.43. The number of rotatable bonds is 0. The van der Waals surface area contributed by atoms with E-state index < -0.39 is 0 Å². The molecule has 2 saturated carbocycles. The highest BCUT2D eigenvalue weighted by atomic mass is 14.6. The minimum atomic E-state index is 0.373. The van der Waals surface area contributed by atoms with Crippen molar-refractivity contribution in [3.63, 3.8) is 0 Å². The molecule has 0 spiro atoms. The van der Waals surface area contributed by atoms with Crippen molar-refractivity contribution in [2.45, 2.75) is 67.2 Å². The van der Waals surface area contributed by atoms with Crippen LogP contribution in [0.2, 0.25) is 0 Å². The van der Waals surface area contributed by atoms with E-state index in [0.717, 1.165) is 11.8 Å². The van der Waals surface area contributed by atoms with Gasteiger partial charge in [0.25, 0.3) is 0 Å². The third kappa shape index (κ3) is 1.22. The number of hydrogen-bond acceptors (Lipinski definition) is 0. The zero-order valence-corrected chi connectivity index (χ0v) is 13.0. The van der Waals surface area contributed by atoms with Gasteiger partial charge in [-0.1, -0.05) is 43.1 Å². The molecule has 0 aromatic carbocycles. The average molecular weight is 244 g/mol. The van der Waals surface area contributed by atoms with Crippen molar-refractivity contribution in [3.05, 3.63) is 22.3 Å². The summed E-state index contributed by atoms with van der Waals surface area (Å²) in [6.45, 7) is 14.7. The van der Waals surface area contributed by atoms with E-state index in [1.807, 2.05) is 11.1 Å². The van der Waals surface area contributed by atoms with E-state index in [1.165, 1.54) is 25.7 Å². The summed E-state index contributed by atoms with van der Waals surface area (Å²) in [6, 6.07) is 0. The van der Waals surface area contributed by atoms with Crippen LogP contribution in [0.25, 0.3) is 0 Å². The van der Waals surface area contributed by atoms with Crippen LogP contribution in [0.4, 0.5) is 0 Å². The standard InChI is InChI=1S/C18H28/c1-11(2)15-14-9-10-18(15,6)17(4,5)16-12(3)7-8-13(14)16/h13-14H,7-10H2,1-6H3. The molecule has 0 aromatic heterocycles. The molecule has 3 aliphatic rings. The van der Waals surface area contributed by atoms with E-state index in [4.69, 9.17) is 0 Å². The monoisotopic (exact) mass is 244 g/mol. The van der Waals surface area contributed by atoms with E-state index in [9.17, 15) is 0 Å². The summed E-state index contributed by atoms with van der Waals surface area (Å²) in [4.78, 5) is 0. The Hall–Kier alpha value is -0.520. The molecule has 3 atom stereocenters. The molecule has 0 heteroatoms. The SMILES string of the molecule is CC(C)=C1C2CCC1(C)C(C)(C)C1=C(C)CCC12. The number of fused-ring (bicyclic) bond motifs is 4. The van der Waals surface area contributed by atoms with Gasteiger partial charge < -0.3 is 0 Å². The van der Waals surface area contributed by atoms with Crippen molar-refractivity contribution in [2.24, 2.45) is 22.7 Å². The Bertz CT molecular complexity index is 456. The average Bonchev–Trinajstić information content (AvgIpc) is 2.77. The van der Waals surface area contributed by atoms with Gasteiger partial charge in [0.05, 0.1) is 0 Å². The van der Waals surface area contributed by atoms with Gasteiger partial charge in [0, 0.05) is 0 Å². The van der Waals surface area contributed by atoms with Crippen LogP contribution in [0.15, 0.2) is 22.3 Å². The molecule has 3 unspecified atom stereocenters. The first-order chi connectivity index (χ1) is 8.30. The van der Waals surface area contributed by atoms with Crippen LogP contribution in [0, 0.1) is 22.7 Å². The Morgan fingerprint density at radius 2 is 1.72 bits per heavy atom. The summed E-state index contributed by atoms with van der Waals surface area (Å²) in [5.41, 5.74) is 7.80. The summed E-state index contributed by atoms with van der Waals surface area (Å²) >= 11 is 0. The second-order valence-corrected chi connectivity index (χ2v) is 7.86. The normalized spacial score (nSPS) is 41.3. The van der Waals surface area contributed by atoms with Gasteiger partial charge >= 0.3 is 0 Å². The van der Waals surface area contributed by atoms with Crippen LogP contribution in [0.1, 0.15) is 67.2 Å². The lowest BCUT2D eigenvalue weighted by molar-refractivity contribution is 0.141. The van der Waals surface area contributed by atoms with Crippen LogP contribution in [-0.2, 0) is 0 Å². The highest BCUT2D eigenvalue weighted by Crippen LogP contribution is 2.70. The van der Waals surface area contributed by atoms with Gasteiger partial charge in [0.2, 0.25) is 0 Å². The van der Waals surface area contributed by atoms with Crippen molar-refractivity contribution in [1.82, 2.24) is 0 Å². The second kappa shape index (κ2) is 3.52. The summed E-state index contributed by atoms with van der Waals surface area (Å²) in [7, 11) is 0. The minimum Gasteiger partial charge on any atom is -0.0763 e. The molecule has 2 fully saturated rings. The summed E-state index contributed by atoms with van der Waals surface area (Å²) < 4.78 is 0. The second-order valence-electron chi connectivity index (χ2n) is 7.86. The summed E-state index contributed by atoms with van der Waals surface area (Å²) in [5.74, 6) is 1.75. The Morgan fingerprint density at radius 1 is 1.06 bits per heavy atom. The smallest absolute Gasteiger partial charge is 0.00222 e. The van der Waals surface area contributed by atoms with Crippen LogP contribution >= 0.6 is 0 Å². The first-order valence-electron chi connectivity index (χ1n) is 7.68. The molecule has 0 nitrogen and oxygen atoms in total. The summed E-state index contributed by atoms with van der Waals surface area (Å²) in [6.07, 6.45) is 5.61. The predicted octanol–water partition coefficient (Wildman–Crippen LogP) is 5.51. The molecule has 100 valence electrons. The quantitative estimate of drug-likeness (QED) is 0.493. The first-order valence-corrected chi connectivity index (χ1v) is 7.68. The third-order valence-electron chi connectivity index (χ3n) is 6.66. The van der Waals surface area contributed by atoms with Crippen LogP contribution in [0.5, 0.6) is 0 Å². The zero-order valence-electron chi connectivity index (χ0n) is 13.0. The predicted molar refractivity (Wildman–Crippen MR) is 78.4 cm³/mol. The van der Waals surface area contributed by atoms with Gasteiger partial charge in [-0.05, 0) is 69.1 Å². The Kier molecular flexibility index (Phi) is 2.45. The maximum absolute atomic E-state index is 2.55. The van der Waals surface area contributed by atoms with Crippen molar-refractivity contribution in [3.8, 4) is 0 Å². The van der Waals surface area contributed by atoms with E-state index in [2.05, 4.69) is 41.5 Å². The van der Waals surface area contributed by atoms with Gasteiger partial charge in [-0.15, -0.1) is 0 Å². The first kappa shape index (κ1) is 12.5. The third-order valence-corrected chi connectivity index (χ3v) is 6.66. The lowest BCUT2D eigenvalue weighted by atomic mass is 9.52. The van der Waals surface area contributed by atoms with Gasteiger partial charge in [-0.3, -0.25) is 0 Å². The largest absolute Gasteiger partial charge is 0.0763 e. The maximum atomic E-state index is 2.55. The highest BCUT2D eigenvalue weighted by Gasteiger charge is 2.60. The van der Waals surface area contributed by atoms with Gasteiger partial charge in [0.15, 0.2) is 0 Å². The molecule has 2 bridgehead atoms. The fourth-order valence-corrected chi connectivity index (χ4v) is 5.77. The Labute approximate surface area is 113 Å².